The Hall–Kier alpha value is -6.94. The molecule has 11 rings (SSSR count). The van der Waals surface area contributed by atoms with Crippen LogP contribution in [-0.2, 0) is 0 Å². The second kappa shape index (κ2) is 12.9. The van der Waals surface area contributed by atoms with E-state index in [-0.39, 0.29) is 0 Å². The fourth-order valence-corrected chi connectivity index (χ4v) is 9.70. The molecule has 0 unspecified atom stereocenters. The normalized spacial score (nSPS) is 11.6. The van der Waals surface area contributed by atoms with Crippen LogP contribution in [-0.4, -0.2) is 0 Å². The second-order valence-corrected chi connectivity index (χ2v) is 15.1. The molecule has 0 radical (unpaired) electrons. The summed E-state index contributed by atoms with van der Waals surface area (Å²) in [4.78, 5) is 2.44. The number of hydrogen-bond acceptors (Lipinski definition) is 3. The Morgan fingerprint density at radius 3 is 1.91 bits per heavy atom. The minimum Gasteiger partial charge on any atom is -0.456 e. The smallest absolute Gasteiger partial charge is 0.137 e. The lowest BCUT2D eigenvalue weighted by Crippen LogP contribution is -2.12. The van der Waals surface area contributed by atoms with Gasteiger partial charge in [-0.3, -0.25) is 0 Å². The number of rotatable bonds is 6. The molecule has 0 N–H and O–H groups in total. The lowest BCUT2D eigenvalue weighted by Gasteiger charge is -2.29. The van der Waals surface area contributed by atoms with Crippen LogP contribution in [0.3, 0.4) is 0 Å². The molecule has 0 aliphatic carbocycles. The first-order chi connectivity index (χ1) is 27.3. The van der Waals surface area contributed by atoms with Gasteiger partial charge in [-0.05, 0) is 81.1 Å². The van der Waals surface area contributed by atoms with Crippen LogP contribution in [0.25, 0.3) is 86.3 Å². The van der Waals surface area contributed by atoms with Crippen LogP contribution >= 0.6 is 11.3 Å². The summed E-state index contributed by atoms with van der Waals surface area (Å²) >= 11 is 1.87. The molecule has 258 valence electrons. The van der Waals surface area contributed by atoms with E-state index in [9.17, 15) is 0 Å². The molecule has 0 atom stereocenters. The van der Waals surface area contributed by atoms with E-state index in [2.05, 4.69) is 199 Å². The maximum Gasteiger partial charge on any atom is 0.137 e. The molecule has 0 aliphatic heterocycles. The van der Waals surface area contributed by atoms with E-state index in [0.29, 0.717) is 0 Å². The maximum absolute atomic E-state index is 6.50. The van der Waals surface area contributed by atoms with E-state index in [1.165, 1.54) is 58.8 Å². The summed E-state index contributed by atoms with van der Waals surface area (Å²) in [6.45, 7) is 0. The van der Waals surface area contributed by atoms with Crippen molar-refractivity contribution in [2.75, 3.05) is 4.90 Å². The van der Waals surface area contributed by atoms with Crippen molar-refractivity contribution in [2.45, 2.75) is 0 Å². The minimum atomic E-state index is 0.865. The van der Waals surface area contributed by atoms with Crippen LogP contribution in [0.15, 0.2) is 205 Å². The summed E-state index contributed by atoms with van der Waals surface area (Å²) in [5, 5.41) is 7.23. The number of anilines is 3. The molecule has 0 saturated heterocycles. The van der Waals surface area contributed by atoms with E-state index in [4.69, 9.17) is 4.42 Å². The standard InChI is InChI=1S/C52H33NOS/c1-2-15-34(16-3-1)38-24-11-17-35-18-12-26-42(50(35)38)40-21-4-7-28-45(40)53(46-29-14-31-48-51(46)44-23-5-8-30-47(44)54-48)37-20-10-19-36(33-37)39-25-13-27-43-41-22-6-9-32-49(41)55-52(39)43/h1-33H. The van der Waals surface area contributed by atoms with E-state index < -0.39 is 0 Å². The Labute approximate surface area is 322 Å². The average molecular weight is 720 g/mol. The number of nitrogens with zero attached hydrogens (tertiary/aromatic N) is 1. The average Bonchev–Trinajstić information content (AvgIpc) is 3.83. The third kappa shape index (κ3) is 5.16. The summed E-state index contributed by atoms with van der Waals surface area (Å²) < 4.78 is 9.11. The van der Waals surface area contributed by atoms with Gasteiger partial charge in [0, 0.05) is 36.8 Å². The van der Waals surface area contributed by atoms with E-state index >= 15 is 0 Å². The van der Waals surface area contributed by atoms with E-state index in [1.807, 2.05) is 17.4 Å². The largest absolute Gasteiger partial charge is 0.456 e. The summed E-state index contributed by atoms with van der Waals surface area (Å²) in [6.07, 6.45) is 0. The van der Waals surface area contributed by atoms with Crippen molar-refractivity contribution in [2.24, 2.45) is 0 Å². The zero-order valence-electron chi connectivity index (χ0n) is 29.8. The molecule has 3 heteroatoms. The number of furan rings is 1. The highest BCUT2D eigenvalue weighted by molar-refractivity contribution is 7.26. The first-order valence-electron chi connectivity index (χ1n) is 18.7. The number of thiophene rings is 1. The lowest BCUT2D eigenvalue weighted by molar-refractivity contribution is 0.669. The molecular formula is C52H33NOS. The fraction of sp³-hybridized carbons (Fsp3) is 0. The van der Waals surface area contributed by atoms with Gasteiger partial charge in [-0.2, -0.15) is 0 Å². The van der Waals surface area contributed by atoms with Gasteiger partial charge in [-0.25, -0.2) is 0 Å². The number of para-hydroxylation sites is 2. The first-order valence-corrected chi connectivity index (χ1v) is 19.5. The Bertz CT molecular complexity index is 3220. The minimum absolute atomic E-state index is 0.865. The quantitative estimate of drug-likeness (QED) is 0.170. The van der Waals surface area contributed by atoms with Gasteiger partial charge in [0.25, 0.3) is 0 Å². The molecule has 0 bridgehead atoms. The van der Waals surface area contributed by atoms with Crippen LogP contribution in [0, 0.1) is 0 Å². The maximum atomic E-state index is 6.50. The Balaban J connectivity index is 1.19. The molecule has 2 aromatic heterocycles. The zero-order valence-corrected chi connectivity index (χ0v) is 30.6. The van der Waals surface area contributed by atoms with Crippen LogP contribution < -0.4 is 4.90 Å². The van der Waals surface area contributed by atoms with E-state index in [0.717, 1.165) is 44.6 Å². The number of benzene rings is 9. The predicted molar refractivity (Wildman–Crippen MR) is 235 cm³/mol. The van der Waals surface area contributed by atoms with Crippen molar-refractivity contribution in [3.63, 3.8) is 0 Å². The molecule has 55 heavy (non-hydrogen) atoms. The molecule has 2 nitrogen and oxygen atoms in total. The molecule has 2 heterocycles. The summed E-state index contributed by atoms with van der Waals surface area (Å²) in [5.41, 5.74) is 12.2. The molecule has 0 spiro atoms. The molecule has 0 amide bonds. The summed E-state index contributed by atoms with van der Waals surface area (Å²) in [6, 6.07) is 72.2. The summed E-state index contributed by atoms with van der Waals surface area (Å²) in [7, 11) is 0. The van der Waals surface area contributed by atoms with Crippen molar-refractivity contribution in [1.29, 1.82) is 0 Å². The Morgan fingerprint density at radius 1 is 0.382 bits per heavy atom. The molecule has 0 saturated carbocycles. The van der Waals surface area contributed by atoms with Crippen LogP contribution in [0.2, 0.25) is 0 Å². The molecular weight excluding hydrogens is 687 g/mol. The first kappa shape index (κ1) is 31.6. The van der Waals surface area contributed by atoms with Gasteiger partial charge in [0.15, 0.2) is 0 Å². The Morgan fingerprint density at radius 2 is 1.00 bits per heavy atom. The van der Waals surface area contributed by atoms with Crippen molar-refractivity contribution < 1.29 is 4.42 Å². The van der Waals surface area contributed by atoms with Gasteiger partial charge < -0.3 is 9.32 Å². The topological polar surface area (TPSA) is 16.4 Å². The van der Waals surface area contributed by atoms with Gasteiger partial charge in [0.1, 0.15) is 11.2 Å². The van der Waals surface area contributed by atoms with Crippen molar-refractivity contribution in [1.82, 2.24) is 0 Å². The number of hydrogen-bond donors (Lipinski definition) is 0. The zero-order chi connectivity index (χ0) is 36.3. The molecule has 9 aromatic carbocycles. The van der Waals surface area contributed by atoms with Gasteiger partial charge >= 0.3 is 0 Å². The van der Waals surface area contributed by atoms with Crippen molar-refractivity contribution in [3.8, 4) is 33.4 Å². The third-order valence-corrected chi connectivity index (χ3v) is 12.1. The van der Waals surface area contributed by atoms with Crippen LogP contribution in [0.5, 0.6) is 0 Å². The highest BCUT2D eigenvalue weighted by Gasteiger charge is 2.23. The van der Waals surface area contributed by atoms with Crippen LogP contribution in [0.1, 0.15) is 0 Å². The van der Waals surface area contributed by atoms with Crippen molar-refractivity contribution in [3.05, 3.63) is 200 Å². The fourth-order valence-electron chi connectivity index (χ4n) is 8.46. The van der Waals surface area contributed by atoms with Crippen LogP contribution in [0.4, 0.5) is 17.1 Å². The highest BCUT2D eigenvalue weighted by Crippen LogP contribution is 2.49. The highest BCUT2D eigenvalue weighted by atomic mass is 32.1. The van der Waals surface area contributed by atoms with Gasteiger partial charge in [-0.1, -0.05) is 158 Å². The molecule has 11 aromatic rings. The van der Waals surface area contributed by atoms with Gasteiger partial charge in [0.05, 0.1) is 16.8 Å². The summed E-state index contributed by atoms with van der Waals surface area (Å²) in [5.74, 6) is 0. The predicted octanol–water partition coefficient (Wildman–Crippen LogP) is 15.6. The SMILES string of the molecule is c1ccc(-c2cccc3cccc(-c4ccccc4N(c4cccc(-c5cccc6c5sc5ccccc56)c4)c4cccc5oc6ccccc6c45)c23)cc1. The lowest BCUT2D eigenvalue weighted by atomic mass is 9.90. The third-order valence-electron chi connectivity index (χ3n) is 10.9. The van der Waals surface area contributed by atoms with Gasteiger partial charge in [0.2, 0.25) is 0 Å². The molecule has 0 fully saturated rings. The van der Waals surface area contributed by atoms with Gasteiger partial charge in [-0.15, -0.1) is 11.3 Å². The number of fused-ring (bicyclic) bond motifs is 7. The molecule has 0 aliphatic rings. The Kier molecular flexibility index (Phi) is 7.39. The van der Waals surface area contributed by atoms with E-state index in [1.54, 1.807) is 0 Å². The second-order valence-electron chi connectivity index (χ2n) is 14.0. The van der Waals surface area contributed by atoms with Crippen molar-refractivity contribution >= 4 is 81.3 Å². The monoisotopic (exact) mass is 719 g/mol.